The Morgan fingerprint density at radius 2 is 2.00 bits per heavy atom. The number of carbonyl (C=O) groups excluding carboxylic acids is 1. The fourth-order valence-corrected chi connectivity index (χ4v) is 1.95. The van der Waals surface area contributed by atoms with Crippen molar-refractivity contribution in [3.8, 4) is 0 Å². The molecule has 3 N–H and O–H groups in total. The zero-order valence-corrected chi connectivity index (χ0v) is 8.12. The fraction of sp³-hybridized carbons (Fsp3) is 0.500. The highest BCUT2D eigenvalue weighted by Gasteiger charge is 2.17. The molecule has 1 aromatic rings. The van der Waals surface area contributed by atoms with E-state index in [1.807, 2.05) is 6.20 Å². The van der Waals surface area contributed by atoms with Gasteiger partial charge in [0.2, 0.25) is 0 Å². The molecule has 0 aliphatic carbocycles. The molecule has 0 unspecified atom stereocenters. The lowest BCUT2D eigenvalue weighted by Crippen LogP contribution is -2.30. The number of nitrogens with two attached hydrogens (primary N) is 1. The molecule has 0 atom stereocenters. The van der Waals surface area contributed by atoms with Gasteiger partial charge in [0, 0.05) is 25.5 Å². The maximum absolute atomic E-state index is 11.1. The van der Waals surface area contributed by atoms with Crippen molar-refractivity contribution in [2.24, 2.45) is 5.73 Å². The van der Waals surface area contributed by atoms with Crippen molar-refractivity contribution in [3.63, 3.8) is 0 Å². The van der Waals surface area contributed by atoms with E-state index in [0.717, 1.165) is 18.8 Å². The average molecular weight is 193 g/mol. The largest absolute Gasteiger partial charge is 0.370 e. The number of anilines is 1. The number of rotatable bonds is 2. The second-order valence-corrected chi connectivity index (χ2v) is 3.67. The molecule has 1 saturated heterocycles. The molecule has 2 heterocycles. The molecule has 0 saturated carbocycles. The highest BCUT2D eigenvalue weighted by molar-refractivity contribution is 5.98. The van der Waals surface area contributed by atoms with Crippen LogP contribution in [0.1, 0.15) is 29.6 Å². The van der Waals surface area contributed by atoms with Crippen molar-refractivity contribution in [2.45, 2.75) is 19.3 Å². The zero-order valence-electron chi connectivity index (χ0n) is 8.12. The standard InChI is InChI=1S/C10H15N3O/c11-10(14)8-6-12-7-9(8)13-4-2-1-3-5-13/h6-7,12H,1-5H2,(H2,11,14). The molecule has 76 valence electrons. The molecule has 1 aliphatic rings. The van der Waals surface area contributed by atoms with Crippen LogP contribution in [-0.4, -0.2) is 24.0 Å². The number of carbonyl (C=O) groups is 1. The number of nitrogens with zero attached hydrogens (tertiary/aromatic N) is 1. The SMILES string of the molecule is NC(=O)c1c[nH]cc1N1CCCCC1. The molecule has 2 rings (SSSR count). The van der Waals surface area contributed by atoms with Gasteiger partial charge in [-0.1, -0.05) is 0 Å². The second-order valence-electron chi connectivity index (χ2n) is 3.67. The summed E-state index contributed by atoms with van der Waals surface area (Å²) in [4.78, 5) is 16.3. The first-order valence-corrected chi connectivity index (χ1v) is 5.00. The zero-order chi connectivity index (χ0) is 9.97. The van der Waals surface area contributed by atoms with Crippen molar-refractivity contribution in [1.29, 1.82) is 0 Å². The highest BCUT2D eigenvalue weighted by Crippen LogP contribution is 2.23. The molecule has 0 bridgehead atoms. The van der Waals surface area contributed by atoms with Gasteiger partial charge in [0.15, 0.2) is 0 Å². The third kappa shape index (κ3) is 1.60. The first-order valence-electron chi connectivity index (χ1n) is 5.00. The van der Waals surface area contributed by atoms with E-state index in [-0.39, 0.29) is 5.91 Å². The third-order valence-electron chi connectivity index (χ3n) is 2.69. The summed E-state index contributed by atoms with van der Waals surface area (Å²) in [5.74, 6) is -0.355. The minimum Gasteiger partial charge on any atom is -0.370 e. The predicted molar refractivity (Wildman–Crippen MR) is 55.4 cm³/mol. The van der Waals surface area contributed by atoms with Gasteiger partial charge in [0.1, 0.15) is 0 Å². The smallest absolute Gasteiger partial charge is 0.252 e. The van der Waals surface area contributed by atoms with Crippen LogP contribution in [0.3, 0.4) is 0 Å². The summed E-state index contributed by atoms with van der Waals surface area (Å²) in [7, 11) is 0. The molecule has 1 fully saturated rings. The summed E-state index contributed by atoms with van der Waals surface area (Å²) in [6, 6.07) is 0. The lowest BCUT2D eigenvalue weighted by atomic mass is 10.1. The van der Waals surface area contributed by atoms with Gasteiger partial charge in [-0.05, 0) is 19.3 Å². The molecule has 1 aliphatic heterocycles. The van der Waals surface area contributed by atoms with Crippen molar-refractivity contribution < 1.29 is 4.79 Å². The molecular formula is C10H15N3O. The van der Waals surface area contributed by atoms with E-state index < -0.39 is 0 Å². The Hall–Kier alpha value is -1.45. The van der Waals surface area contributed by atoms with E-state index in [2.05, 4.69) is 9.88 Å². The van der Waals surface area contributed by atoms with Crippen LogP contribution in [0.15, 0.2) is 12.4 Å². The molecule has 4 heteroatoms. The summed E-state index contributed by atoms with van der Waals surface area (Å²) >= 11 is 0. The van der Waals surface area contributed by atoms with Crippen molar-refractivity contribution in [3.05, 3.63) is 18.0 Å². The van der Waals surface area contributed by atoms with E-state index >= 15 is 0 Å². The van der Waals surface area contributed by atoms with E-state index in [0.29, 0.717) is 5.56 Å². The number of aromatic amines is 1. The lowest BCUT2D eigenvalue weighted by molar-refractivity contribution is 0.100. The van der Waals surface area contributed by atoms with Crippen LogP contribution in [0.2, 0.25) is 0 Å². The quantitative estimate of drug-likeness (QED) is 0.739. The molecule has 14 heavy (non-hydrogen) atoms. The van der Waals surface area contributed by atoms with E-state index in [1.165, 1.54) is 19.3 Å². The van der Waals surface area contributed by atoms with Gasteiger partial charge in [0.25, 0.3) is 5.91 Å². The number of piperidine rings is 1. The Morgan fingerprint density at radius 1 is 1.29 bits per heavy atom. The summed E-state index contributed by atoms with van der Waals surface area (Å²) in [5.41, 5.74) is 6.84. The van der Waals surface area contributed by atoms with E-state index in [1.54, 1.807) is 6.20 Å². The Labute approximate surface area is 83.1 Å². The van der Waals surface area contributed by atoms with Crippen molar-refractivity contribution >= 4 is 11.6 Å². The maximum atomic E-state index is 11.1. The minimum absolute atomic E-state index is 0.355. The third-order valence-corrected chi connectivity index (χ3v) is 2.69. The number of hydrogen-bond donors (Lipinski definition) is 2. The van der Waals surface area contributed by atoms with Crippen LogP contribution in [0.5, 0.6) is 0 Å². The Bertz CT molecular complexity index is 326. The Morgan fingerprint density at radius 3 is 2.64 bits per heavy atom. The molecule has 1 amide bonds. The van der Waals surface area contributed by atoms with Gasteiger partial charge in [-0.3, -0.25) is 4.79 Å². The average Bonchev–Trinajstić information content (AvgIpc) is 2.67. The highest BCUT2D eigenvalue weighted by atomic mass is 16.1. The fourth-order valence-electron chi connectivity index (χ4n) is 1.95. The van der Waals surface area contributed by atoms with Crippen molar-refractivity contribution in [2.75, 3.05) is 18.0 Å². The van der Waals surface area contributed by atoms with Crippen LogP contribution < -0.4 is 10.6 Å². The number of H-pyrrole nitrogens is 1. The molecule has 0 radical (unpaired) electrons. The number of aromatic nitrogens is 1. The first kappa shape index (κ1) is 9.12. The molecule has 1 aromatic heterocycles. The number of primary amides is 1. The number of hydrogen-bond acceptors (Lipinski definition) is 2. The van der Waals surface area contributed by atoms with Crippen LogP contribution in [0.25, 0.3) is 0 Å². The van der Waals surface area contributed by atoms with Gasteiger partial charge in [-0.15, -0.1) is 0 Å². The normalized spacial score (nSPS) is 17.0. The van der Waals surface area contributed by atoms with Crippen LogP contribution in [0.4, 0.5) is 5.69 Å². The molecule has 0 aromatic carbocycles. The summed E-state index contributed by atoms with van der Waals surface area (Å²) in [6.45, 7) is 2.05. The predicted octanol–water partition coefficient (Wildman–Crippen LogP) is 1.10. The monoisotopic (exact) mass is 193 g/mol. The topological polar surface area (TPSA) is 62.1 Å². The minimum atomic E-state index is -0.355. The summed E-state index contributed by atoms with van der Waals surface area (Å²) in [6.07, 6.45) is 7.21. The summed E-state index contributed by atoms with van der Waals surface area (Å²) in [5, 5.41) is 0. The van der Waals surface area contributed by atoms with Gasteiger partial charge in [0.05, 0.1) is 11.3 Å². The van der Waals surface area contributed by atoms with E-state index in [4.69, 9.17) is 5.73 Å². The number of nitrogens with one attached hydrogen (secondary N) is 1. The second kappa shape index (κ2) is 3.74. The maximum Gasteiger partial charge on any atom is 0.252 e. The van der Waals surface area contributed by atoms with Crippen LogP contribution in [0, 0.1) is 0 Å². The first-order chi connectivity index (χ1) is 6.79. The van der Waals surface area contributed by atoms with Crippen LogP contribution >= 0.6 is 0 Å². The van der Waals surface area contributed by atoms with Gasteiger partial charge in [-0.25, -0.2) is 0 Å². The summed E-state index contributed by atoms with van der Waals surface area (Å²) < 4.78 is 0. The van der Waals surface area contributed by atoms with E-state index in [9.17, 15) is 4.79 Å². The molecule has 4 nitrogen and oxygen atoms in total. The van der Waals surface area contributed by atoms with Crippen molar-refractivity contribution in [1.82, 2.24) is 4.98 Å². The van der Waals surface area contributed by atoms with Crippen LogP contribution in [-0.2, 0) is 0 Å². The lowest BCUT2D eigenvalue weighted by Gasteiger charge is -2.28. The van der Waals surface area contributed by atoms with Gasteiger partial charge >= 0.3 is 0 Å². The molecule has 0 spiro atoms. The Balaban J connectivity index is 2.21. The Kier molecular flexibility index (Phi) is 2.43. The van der Waals surface area contributed by atoms with Gasteiger partial charge < -0.3 is 15.6 Å². The molecular weight excluding hydrogens is 178 g/mol. The van der Waals surface area contributed by atoms with Gasteiger partial charge in [-0.2, -0.15) is 0 Å². The number of amides is 1.